The number of amides is 2. The van der Waals surface area contributed by atoms with Gasteiger partial charge in [-0.2, -0.15) is 0 Å². The fraction of sp³-hybridized carbons (Fsp3) is 0.172. The molecule has 0 aliphatic heterocycles. The zero-order chi connectivity index (χ0) is 28.8. The SMILES string of the molecule is CNC(=O)c1cccc(-c2cnc(NC(=O)C(C)NC)c(=O)n2Cc2cncc(C(=O)c3ccc(F)cc3)c2)c1. The van der Waals surface area contributed by atoms with Gasteiger partial charge in [0.1, 0.15) is 5.82 Å². The largest absolute Gasteiger partial charge is 0.355 e. The van der Waals surface area contributed by atoms with Gasteiger partial charge >= 0.3 is 0 Å². The zero-order valence-electron chi connectivity index (χ0n) is 22.1. The molecule has 4 rings (SSSR count). The van der Waals surface area contributed by atoms with E-state index in [1.54, 1.807) is 44.3 Å². The maximum atomic E-state index is 13.6. The minimum atomic E-state index is -0.588. The number of nitrogens with one attached hydrogen (secondary N) is 3. The Morgan fingerprint density at radius 3 is 2.40 bits per heavy atom. The maximum Gasteiger partial charge on any atom is 0.294 e. The lowest BCUT2D eigenvalue weighted by Gasteiger charge is -2.16. The van der Waals surface area contributed by atoms with Gasteiger partial charge in [0.25, 0.3) is 11.5 Å². The summed E-state index contributed by atoms with van der Waals surface area (Å²) < 4.78 is 14.7. The van der Waals surface area contributed by atoms with Gasteiger partial charge in [-0.15, -0.1) is 0 Å². The van der Waals surface area contributed by atoms with E-state index in [0.29, 0.717) is 22.4 Å². The zero-order valence-corrected chi connectivity index (χ0v) is 22.1. The summed E-state index contributed by atoms with van der Waals surface area (Å²) in [5, 5.41) is 7.92. The Hall–Kier alpha value is -5.03. The molecule has 0 radical (unpaired) electrons. The van der Waals surface area contributed by atoms with Crippen LogP contribution in [0.3, 0.4) is 0 Å². The van der Waals surface area contributed by atoms with Crippen LogP contribution in [0.15, 0.2) is 78.0 Å². The lowest BCUT2D eigenvalue weighted by Crippen LogP contribution is -2.38. The smallest absolute Gasteiger partial charge is 0.294 e. The van der Waals surface area contributed by atoms with E-state index in [-0.39, 0.29) is 35.2 Å². The predicted molar refractivity (Wildman–Crippen MR) is 148 cm³/mol. The second kappa shape index (κ2) is 12.2. The molecule has 2 amide bonds. The summed E-state index contributed by atoms with van der Waals surface area (Å²) in [5.74, 6) is -1.74. The molecule has 0 spiro atoms. The highest BCUT2D eigenvalue weighted by molar-refractivity contribution is 6.08. The van der Waals surface area contributed by atoms with E-state index in [0.717, 1.165) is 0 Å². The number of halogens is 1. The minimum absolute atomic E-state index is 0.0249. The van der Waals surface area contributed by atoms with Crippen molar-refractivity contribution in [2.24, 2.45) is 0 Å². The summed E-state index contributed by atoms with van der Waals surface area (Å²) in [6, 6.07) is 12.9. The Morgan fingerprint density at radius 2 is 1.70 bits per heavy atom. The van der Waals surface area contributed by atoms with Gasteiger partial charge in [0.2, 0.25) is 5.91 Å². The van der Waals surface area contributed by atoms with Crippen LogP contribution in [-0.2, 0) is 11.3 Å². The standard InChI is InChI=1S/C29H27FN6O4/c1-17(31-2)27(38)35-26-29(40)36(24(15-34-26)20-5-4-6-21(12-20)28(39)32-3)16-18-11-22(14-33-13-18)25(37)19-7-9-23(30)10-8-19/h4-15,17,31H,16H2,1-3H3,(H,32,39)(H,34,35,38). The molecule has 0 aliphatic carbocycles. The van der Waals surface area contributed by atoms with Gasteiger partial charge in [-0.1, -0.05) is 12.1 Å². The van der Waals surface area contributed by atoms with Crippen LogP contribution in [-0.4, -0.2) is 52.3 Å². The van der Waals surface area contributed by atoms with Crippen molar-refractivity contribution in [2.75, 3.05) is 19.4 Å². The Kier molecular flexibility index (Phi) is 8.55. The molecule has 2 aromatic carbocycles. The molecule has 1 unspecified atom stereocenters. The molecule has 11 heteroatoms. The first-order chi connectivity index (χ1) is 19.2. The van der Waals surface area contributed by atoms with Crippen LogP contribution in [0.5, 0.6) is 0 Å². The fourth-order valence-electron chi connectivity index (χ4n) is 3.93. The number of benzene rings is 2. The van der Waals surface area contributed by atoms with Crippen molar-refractivity contribution < 1.29 is 18.8 Å². The van der Waals surface area contributed by atoms with Gasteiger partial charge in [-0.3, -0.25) is 28.7 Å². The summed E-state index contributed by atoms with van der Waals surface area (Å²) in [6.45, 7) is 1.62. The first-order valence-electron chi connectivity index (χ1n) is 12.4. The highest BCUT2D eigenvalue weighted by Crippen LogP contribution is 2.21. The Bertz CT molecular complexity index is 1630. The number of likely N-dealkylation sites (N-methyl/N-ethyl adjacent to an activating group) is 1. The number of ketones is 1. The molecule has 0 bridgehead atoms. The third-order valence-corrected chi connectivity index (χ3v) is 6.27. The number of rotatable bonds is 9. The van der Waals surface area contributed by atoms with Crippen molar-refractivity contribution in [3.63, 3.8) is 0 Å². The van der Waals surface area contributed by atoms with Crippen LogP contribution in [0.4, 0.5) is 10.2 Å². The van der Waals surface area contributed by atoms with E-state index < -0.39 is 23.3 Å². The van der Waals surface area contributed by atoms with Crippen LogP contribution in [0.2, 0.25) is 0 Å². The monoisotopic (exact) mass is 542 g/mol. The molecular weight excluding hydrogens is 515 g/mol. The molecule has 0 saturated heterocycles. The van der Waals surface area contributed by atoms with Crippen molar-refractivity contribution in [1.82, 2.24) is 25.2 Å². The third kappa shape index (κ3) is 6.16. The number of pyridine rings is 1. The number of hydrogen-bond acceptors (Lipinski definition) is 7. The van der Waals surface area contributed by atoms with Crippen molar-refractivity contribution in [2.45, 2.75) is 19.5 Å². The van der Waals surface area contributed by atoms with Crippen LogP contribution >= 0.6 is 0 Å². The Labute approximate surface area is 229 Å². The van der Waals surface area contributed by atoms with Gasteiger partial charge in [0.15, 0.2) is 11.6 Å². The van der Waals surface area contributed by atoms with E-state index in [1.165, 1.54) is 54.5 Å². The van der Waals surface area contributed by atoms with E-state index >= 15 is 0 Å². The third-order valence-electron chi connectivity index (χ3n) is 6.27. The molecule has 1 atom stereocenters. The van der Waals surface area contributed by atoms with Gasteiger partial charge < -0.3 is 16.0 Å². The fourth-order valence-corrected chi connectivity index (χ4v) is 3.93. The molecule has 204 valence electrons. The molecule has 2 aromatic heterocycles. The van der Waals surface area contributed by atoms with E-state index in [2.05, 4.69) is 25.9 Å². The number of nitrogens with zero attached hydrogens (tertiary/aromatic N) is 3. The van der Waals surface area contributed by atoms with Crippen LogP contribution < -0.4 is 21.5 Å². The van der Waals surface area contributed by atoms with Gasteiger partial charge in [0.05, 0.1) is 24.5 Å². The highest BCUT2D eigenvalue weighted by atomic mass is 19.1. The van der Waals surface area contributed by atoms with Crippen LogP contribution in [0, 0.1) is 5.82 Å². The first-order valence-corrected chi connectivity index (χ1v) is 12.4. The number of carbonyl (C=O) groups excluding carboxylic acids is 3. The normalized spacial score (nSPS) is 11.5. The molecule has 0 saturated carbocycles. The summed E-state index contributed by atoms with van der Waals surface area (Å²) in [7, 11) is 3.13. The van der Waals surface area contributed by atoms with Crippen molar-refractivity contribution >= 4 is 23.4 Å². The number of hydrogen-bond donors (Lipinski definition) is 3. The average molecular weight is 543 g/mol. The second-order valence-corrected chi connectivity index (χ2v) is 8.96. The highest BCUT2D eigenvalue weighted by Gasteiger charge is 2.19. The summed E-state index contributed by atoms with van der Waals surface area (Å²) in [4.78, 5) is 59.7. The number of aromatic nitrogens is 3. The Morgan fingerprint density at radius 1 is 0.950 bits per heavy atom. The summed E-state index contributed by atoms with van der Waals surface area (Å²) in [6.07, 6.45) is 4.34. The molecule has 2 heterocycles. The molecule has 40 heavy (non-hydrogen) atoms. The molecule has 10 nitrogen and oxygen atoms in total. The molecule has 4 aromatic rings. The molecule has 3 N–H and O–H groups in total. The van der Waals surface area contributed by atoms with Gasteiger partial charge in [-0.25, -0.2) is 9.37 Å². The molecule has 0 aliphatic rings. The van der Waals surface area contributed by atoms with Crippen molar-refractivity contribution in [1.29, 1.82) is 0 Å². The quantitative estimate of drug-likeness (QED) is 0.277. The minimum Gasteiger partial charge on any atom is -0.355 e. The van der Waals surface area contributed by atoms with Crippen LogP contribution in [0.25, 0.3) is 11.3 Å². The van der Waals surface area contributed by atoms with Crippen molar-refractivity contribution in [3.05, 3.63) is 112 Å². The van der Waals surface area contributed by atoms with Gasteiger partial charge in [0, 0.05) is 41.7 Å². The van der Waals surface area contributed by atoms with E-state index in [4.69, 9.17) is 0 Å². The summed E-state index contributed by atoms with van der Waals surface area (Å²) >= 11 is 0. The predicted octanol–water partition coefficient (Wildman–Crippen LogP) is 2.63. The summed E-state index contributed by atoms with van der Waals surface area (Å²) in [5.41, 5.74) is 1.78. The molecular formula is C29H27FN6O4. The lowest BCUT2D eigenvalue weighted by atomic mass is 10.0. The number of anilines is 1. The lowest BCUT2D eigenvalue weighted by molar-refractivity contribution is -0.117. The Balaban J connectivity index is 1.78. The van der Waals surface area contributed by atoms with E-state index in [1.807, 2.05) is 0 Å². The average Bonchev–Trinajstić information content (AvgIpc) is 2.98. The maximum absolute atomic E-state index is 13.6. The topological polar surface area (TPSA) is 135 Å². The van der Waals surface area contributed by atoms with Gasteiger partial charge in [-0.05, 0) is 62.0 Å². The molecule has 0 fully saturated rings. The second-order valence-electron chi connectivity index (χ2n) is 8.96. The van der Waals surface area contributed by atoms with Crippen LogP contribution in [0.1, 0.15) is 38.8 Å². The van der Waals surface area contributed by atoms with Crippen molar-refractivity contribution in [3.8, 4) is 11.3 Å². The number of carbonyl (C=O) groups is 3. The van der Waals surface area contributed by atoms with E-state index in [9.17, 15) is 23.6 Å². The first kappa shape index (κ1) is 28.0.